The molecule has 0 saturated heterocycles. The van der Waals surface area contributed by atoms with Gasteiger partial charge >= 0.3 is 5.63 Å². The molecular formula is C27H18F2N2O5. The molecule has 2 N–H and O–H groups in total. The maximum absolute atomic E-state index is 14.1. The highest BCUT2D eigenvalue weighted by Gasteiger charge is 2.35. The Bertz CT molecular complexity index is 1640. The van der Waals surface area contributed by atoms with Gasteiger partial charge in [0.25, 0.3) is 0 Å². The van der Waals surface area contributed by atoms with Gasteiger partial charge in [0.15, 0.2) is 11.6 Å². The number of hydrogen-bond donors (Lipinski definition) is 1. The molecule has 0 aliphatic carbocycles. The summed E-state index contributed by atoms with van der Waals surface area (Å²) in [5.41, 5.74) is 7.31. The molecule has 3 aromatic carbocycles. The Morgan fingerprint density at radius 2 is 1.86 bits per heavy atom. The smallest absolute Gasteiger partial charge is 0.380 e. The molecule has 1 aliphatic rings. The summed E-state index contributed by atoms with van der Waals surface area (Å²) < 4.78 is 49.3. The van der Waals surface area contributed by atoms with E-state index in [4.69, 9.17) is 24.4 Å². The standard InChI is InChI=1S/C27H18F2N2O5/c1-33-20-8-6-14(10-15(20)13-34-22-9-7-16(28)11-19(22)29)23-18(12-30)26(31)36-25-24(23)17-4-2-3-5-21(17)35-27(25)32/h2-11,23H,13,31H2,1H3/t23-/m1/s1. The van der Waals surface area contributed by atoms with Crippen LogP contribution >= 0.6 is 0 Å². The van der Waals surface area contributed by atoms with Crippen molar-refractivity contribution in [3.05, 3.63) is 111 Å². The summed E-state index contributed by atoms with van der Waals surface area (Å²) in [6.45, 7) is -0.117. The van der Waals surface area contributed by atoms with Crippen LogP contribution in [0.4, 0.5) is 8.78 Å². The van der Waals surface area contributed by atoms with E-state index in [0.717, 1.165) is 12.1 Å². The van der Waals surface area contributed by atoms with Crippen molar-refractivity contribution in [1.82, 2.24) is 0 Å². The summed E-state index contributed by atoms with van der Waals surface area (Å²) in [7, 11) is 1.47. The van der Waals surface area contributed by atoms with E-state index in [0.29, 0.717) is 33.4 Å². The molecule has 36 heavy (non-hydrogen) atoms. The van der Waals surface area contributed by atoms with Crippen LogP contribution in [0.15, 0.2) is 81.3 Å². The number of benzene rings is 3. The molecule has 0 amide bonds. The number of fused-ring (bicyclic) bond motifs is 3. The van der Waals surface area contributed by atoms with Crippen LogP contribution < -0.4 is 25.6 Å². The van der Waals surface area contributed by atoms with Gasteiger partial charge in [-0.3, -0.25) is 0 Å². The number of halogens is 2. The van der Waals surface area contributed by atoms with Crippen LogP contribution in [0, 0.1) is 23.0 Å². The minimum Gasteiger partial charge on any atom is -0.496 e. The molecule has 1 aliphatic heterocycles. The lowest BCUT2D eigenvalue weighted by atomic mass is 9.81. The molecule has 0 unspecified atom stereocenters. The molecule has 180 valence electrons. The Kier molecular flexibility index (Phi) is 5.78. The van der Waals surface area contributed by atoms with E-state index < -0.39 is 23.2 Å². The summed E-state index contributed by atoms with van der Waals surface area (Å²) >= 11 is 0. The topological polar surface area (TPSA) is 108 Å². The van der Waals surface area contributed by atoms with Crippen LogP contribution in [-0.2, 0) is 6.61 Å². The fourth-order valence-corrected chi connectivity index (χ4v) is 4.28. The van der Waals surface area contributed by atoms with Crippen LogP contribution in [-0.4, -0.2) is 7.11 Å². The van der Waals surface area contributed by atoms with Gasteiger partial charge in [0.1, 0.15) is 35.4 Å². The summed E-state index contributed by atoms with van der Waals surface area (Å²) in [5, 5.41) is 10.5. The van der Waals surface area contributed by atoms with E-state index in [2.05, 4.69) is 6.07 Å². The lowest BCUT2D eigenvalue weighted by Crippen LogP contribution is -2.25. The molecule has 1 aromatic heterocycles. The highest BCUT2D eigenvalue weighted by atomic mass is 19.1. The highest BCUT2D eigenvalue weighted by Crippen LogP contribution is 2.44. The molecule has 0 bridgehead atoms. The molecule has 1 atom stereocenters. The van der Waals surface area contributed by atoms with E-state index in [1.165, 1.54) is 13.2 Å². The monoisotopic (exact) mass is 488 g/mol. The maximum atomic E-state index is 14.1. The zero-order valence-electron chi connectivity index (χ0n) is 18.9. The van der Waals surface area contributed by atoms with Crippen molar-refractivity contribution in [2.75, 3.05) is 7.11 Å². The predicted molar refractivity (Wildman–Crippen MR) is 125 cm³/mol. The van der Waals surface area contributed by atoms with Crippen LogP contribution in [0.25, 0.3) is 11.0 Å². The summed E-state index contributed by atoms with van der Waals surface area (Å²) in [6, 6.07) is 17.1. The number of methoxy groups -OCH3 is 1. The van der Waals surface area contributed by atoms with Gasteiger partial charge in [-0.2, -0.15) is 5.26 Å². The molecule has 0 fully saturated rings. The summed E-state index contributed by atoms with van der Waals surface area (Å²) in [6.07, 6.45) is 0. The maximum Gasteiger partial charge on any atom is 0.380 e. The van der Waals surface area contributed by atoms with Gasteiger partial charge < -0.3 is 24.4 Å². The largest absolute Gasteiger partial charge is 0.496 e. The first-order valence-electron chi connectivity index (χ1n) is 10.8. The quantitative estimate of drug-likeness (QED) is 0.399. The number of ether oxygens (including phenoxy) is 3. The third-order valence-corrected chi connectivity index (χ3v) is 5.90. The molecule has 0 saturated carbocycles. The second-order valence-electron chi connectivity index (χ2n) is 7.99. The van der Waals surface area contributed by atoms with Gasteiger partial charge in [-0.15, -0.1) is 0 Å². The molecule has 7 nitrogen and oxygen atoms in total. The molecule has 2 heterocycles. The summed E-state index contributed by atoms with van der Waals surface area (Å²) in [5.74, 6) is -2.32. The Labute approximate surface area is 203 Å². The first-order valence-corrected chi connectivity index (χ1v) is 10.8. The molecule has 5 rings (SSSR count). The Balaban J connectivity index is 1.65. The molecule has 0 spiro atoms. The normalized spacial score (nSPS) is 14.7. The van der Waals surface area contributed by atoms with Gasteiger partial charge in [0.2, 0.25) is 11.6 Å². The number of para-hydroxylation sites is 1. The second-order valence-corrected chi connectivity index (χ2v) is 7.99. The Morgan fingerprint density at radius 3 is 2.61 bits per heavy atom. The van der Waals surface area contributed by atoms with Crippen molar-refractivity contribution in [1.29, 1.82) is 5.26 Å². The third kappa shape index (κ3) is 3.88. The van der Waals surface area contributed by atoms with E-state index in [-0.39, 0.29) is 29.6 Å². The number of nitrogens with zero attached hydrogens (tertiary/aromatic N) is 1. The SMILES string of the molecule is COc1ccc([C@@H]2C(C#N)=C(N)Oc3c2c2ccccc2oc3=O)cc1COc1ccc(F)cc1F. The lowest BCUT2D eigenvalue weighted by Gasteiger charge is -2.27. The average Bonchev–Trinajstić information content (AvgIpc) is 2.87. The third-order valence-electron chi connectivity index (χ3n) is 5.90. The van der Waals surface area contributed by atoms with Gasteiger partial charge in [-0.1, -0.05) is 24.3 Å². The molecule has 0 radical (unpaired) electrons. The van der Waals surface area contributed by atoms with E-state index in [1.807, 2.05) is 0 Å². The highest BCUT2D eigenvalue weighted by molar-refractivity contribution is 5.85. The van der Waals surface area contributed by atoms with Crippen molar-refractivity contribution in [2.45, 2.75) is 12.5 Å². The van der Waals surface area contributed by atoms with Crippen molar-refractivity contribution in [3.8, 4) is 23.3 Å². The van der Waals surface area contributed by atoms with Gasteiger partial charge in [-0.25, -0.2) is 13.6 Å². The second kappa shape index (κ2) is 9.07. The van der Waals surface area contributed by atoms with E-state index in [9.17, 15) is 18.8 Å². The van der Waals surface area contributed by atoms with Crippen molar-refractivity contribution >= 4 is 11.0 Å². The molecular weight excluding hydrogens is 470 g/mol. The van der Waals surface area contributed by atoms with Gasteiger partial charge in [0, 0.05) is 22.6 Å². The average molecular weight is 488 g/mol. The summed E-state index contributed by atoms with van der Waals surface area (Å²) in [4.78, 5) is 12.7. The fraction of sp³-hybridized carbons (Fsp3) is 0.111. The Morgan fingerprint density at radius 1 is 1.08 bits per heavy atom. The minimum absolute atomic E-state index is 0.0998. The van der Waals surface area contributed by atoms with Crippen molar-refractivity contribution in [3.63, 3.8) is 0 Å². The van der Waals surface area contributed by atoms with Crippen LogP contribution in [0.5, 0.6) is 17.2 Å². The van der Waals surface area contributed by atoms with E-state index >= 15 is 0 Å². The first-order chi connectivity index (χ1) is 17.4. The van der Waals surface area contributed by atoms with E-state index in [1.54, 1.807) is 42.5 Å². The van der Waals surface area contributed by atoms with Gasteiger partial charge in [0.05, 0.1) is 13.0 Å². The van der Waals surface area contributed by atoms with Crippen molar-refractivity contribution in [2.24, 2.45) is 5.73 Å². The zero-order chi connectivity index (χ0) is 25.4. The number of hydrogen-bond acceptors (Lipinski definition) is 7. The number of nitriles is 1. The van der Waals surface area contributed by atoms with Crippen LogP contribution in [0.3, 0.4) is 0 Å². The van der Waals surface area contributed by atoms with Gasteiger partial charge in [-0.05, 0) is 35.9 Å². The number of allylic oxidation sites excluding steroid dienone is 1. The molecule has 4 aromatic rings. The lowest BCUT2D eigenvalue weighted by molar-refractivity contribution is 0.281. The van der Waals surface area contributed by atoms with Crippen LogP contribution in [0.1, 0.15) is 22.6 Å². The number of rotatable bonds is 5. The Hall–Kier alpha value is -4.84. The fourth-order valence-electron chi connectivity index (χ4n) is 4.28. The first kappa shape index (κ1) is 22.9. The zero-order valence-corrected chi connectivity index (χ0v) is 18.9. The minimum atomic E-state index is -0.843. The van der Waals surface area contributed by atoms with Crippen molar-refractivity contribution < 1.29 is 27.4 Å². The van der Waals surface area contributed by atoms with Crippen LogP contribution in [0.2, 0.25) is 0 Å². The predicted octanol–water partition coefficient (Wildman–Crippen LogP) is 4.88. The number of nitrogens with two attached hydrogens (primary N) is 1. The molecule has 9 heteroatoms.